The summed E-state index contributed by atoms with van der Waals surface area (Å²) < 4.78 is 4.79. The van der Waals surface area contributed by atoms with Gasteiger partial charge in [0.1, 0.15) is 0 Å². The van der Waals surface area contributed by atoms with E-state index in [1.165, 1.54) is 6.08 Å². The maximum absolute atomic E-state index is 11.3. The molecule has 5 nitrogen and oxygen atoms in total. The molecule has 2 N–H and O–H groups in total. The molecule has 1 rings (SSSR count). The van der Waals surface area contributed by atoms with Crippen LogP contribution in [0.5, 0.6) is 0 Å². The third-order valence-corrected chi connectivity index (χ3v) is 1.89. The van der Waals surface area contributed by atoms with E-state index in [9.17, 15) is 9.59 Å². The second-order valence-electron chi connectivity index (χ2n) is 3.59. The van der Waals surface area contributed by atoms with Gasteiger partial charge in [-0.1, -0.05) is 5.57 Å². The number of rotatable bonds is 3. The van der Waals surface area contributed by atoms with Gasteiger partial charge in [0.05, 0.1) is 13.2 Å². The van der Waals surface area contributed by atoms with E-state index in [4.69, 9.17) is 9.84 Å². The average molecular weight is 199 g/mol. The molecular formula is C9H13NO4. The van der Waals surface area contributed by atoms with Crippen molar-refractivity contribution < 1.29 is 19.4 Å². The highest BCUT2D eigenvalue weighted by molar-refractivity contribution is 5.94. The SMILES string of the molecule is CC(C)=CC(=O)NC1(C(=O)O)COC1. The number of amides is 1. The number of hydrogen-bond acceptors (Lipinski definition) is 3. The fourth-order valence-electron chi connectivity index (χ4n) is 1.09. The smallest absolute Gasteiger partial charge is 0.334 e. The number of carboxylic acids is 1. The molecule has 0 unspecified atom stereocenters. The summed E-state index contributed by atoms with van der Waals surface area (Å²) in [7, 11) is 0. The molecular weight excluding hydrogens is 186 g/mol. The van der Waals surface area contributed by atoms with E-state index in [-0.39, 0.29) is 13.2 Å². The molecule has 0 aliphatic carbocycles. The summed E-state index contributed by atoms with van der Waals surface area (Å²) in [5.41, 5.74) is -0.397. The zero-order valence-corrected chi connectivity index (χ0v) is 8.16. The van der Waals surface area contributed by atoms with Gasteiger partial charge in [-0.25, -0.2) is 4.79 Å². The first kappa shape index (κ1) is 10.7. The molecule has 0 spiro atoms. The van der Waals surface area contributed by atoms with Crippen molar-refractivity contribution in [2.75, 3.05) is 13.2 Å². The number of carbonyl (C=O) groups is 2. The van der Waals surface area contributed by atoms with Crippen molar-refractivity contribution >= 4 is 11.9 Å². The number of nitrogens with one attached hydrogen (secondary N) is 1. The highest BCUT2D eigenvalue weighted by Crippen LogP contribution is 2.17. The predicted molar refractivity (Wildman–Crippen MR) is 48.8 cm³/mol. The van der Waals surface area contributed by atoms with Crippen molar-refractivity contribution in [1.82, 2.24) is 5.32 Å². The van der Waals surface area contributed by atoms with Gasteiger partial charge in [0, 0.05) is 6.08 Å². The Bertz CT molecular complexity index is 287. The zero-order chi connectivity index (χ0) is 10.8. The van der Waals surface area contributed by atoms with Crippen molar-refractivity contribution in [3.63, 3.8) is 0 Å². The van der Waals surface area contributed by atoms with Gasteiger partial charge in [-0.3, -0.25) is 4.79 Å². The molecule has 1 aliphatic heterocycles. The Hall–Kier alpha value is -1.36. The topological polar surface area (TPSA) is 75.6 Å². The molecule has 5 heteroatoms. The lowest BCUT2D eigenvalue weighted by Gasteiger charge is -2.37. The Morgan fingerprint density at radius 3 is 2.29 bits per heavy atom. The number of carbonyl (C=O) groups excluding carboxylic acids is 1. The summed E-state index contributed by atoms with van der Waals surface area (Å²) in [4.78, 5) is 22.1. The van der Waals surface area contributed by atoms with E-state index >= 15 is 0 Å². The van der Waals surface area contributed by atoms with Crippen LogP contribution in [0.2, 0.25) is 0 Å². The van der Waals surface area contributed by atoms with Crippen molar-refractivity contribution in [2.24, 2.45) is 0 Å². The van der Waals surface area contributed by atoms with Gasteiger partial charge in [-0.05, 0) is 13.8 Å². The van der Waals surface area contributed by atoms with Gasteiger partial charge in [0.25, 0.3) is 0 Å². The largest absolute Gasteiger partial charge is 0.479 e. The summed E-state index contributed by atoms with van der Waals surface area (Å²) in [6.07, 6.45) is 1.36. The molecule has 1 heterocycles. The Morgan fingerprint density at radius 1 is 1.43 bits per heavy atom. The highest BCUT2D eigenvalue weighted by atomic mass is 16.5. The van der Waals surface area contributed by atoms with Crippen LogP contribution in [0, 0.1) is 0 Å². The zero-order valence-electron chi connectivity index (χ0n) is 8.16. The first-order valence-electron chi connectivity index (χ1n) is 4.24. The second-order valence-corrected chi connectivity index (χ2v) is 3.59. The summed E-state index contributed by atoms with van der Waals surface area (Å²) in [5.74, 6) is -1.45. The highest BCUT2D eigenvalue weighted by Gasteiger charge is 2.47. The third kappa shape index (κ3) is 2.11. The second kappa shape index (κ2) is 3.79. The molecule has 0 saturated carbocycles. The Balaban J connectivity index is 2.62. The number of allylic oxidation sites excluding steroid dienone is 1. The normalized spacial score (nSPS) is 17.9. The third-order valence-electron chi connectivity index (χ3n) is 1.89. The van der Waals surface area contributed by atoms with Crippen LogP contribution in [-0.4, -0.2) is 35.7 Å². The number of carboxylic acid groups (broad SMARTS) is 1. The summed E-state index contributed by atoms with van der Waals surface area (Å²) in [6, 6.07) is 0. The van der Waals surface area contributed by atoms with Crippen molar-refractivity contribution in [3.8, 4) is 0 Å². The van der Waals surface area contributed by atoms with Crippen molar-refractivity contribution in [1.29, 1.82) is 0 Å². The standard InChI is InChI=1S/C9H13NO4/c1-6(2)3-7(11)10-9(8(12)13)4-14-5-9/h3H,4-5H2,1-2H3,(H,10,11)(H,12,13). The molecule has 0 bridgehead atoms. The first-order chi connectivity index (χ1) is 6.46. The van der Waals surface area contributed by atoms with Crippen LogP contribution in [0.25, 0.3) is 0 Å². The monoisotopic (exact) mass is 199 g/mol. The van der Waals surface area contributed by atoms with E-state index in [2.05, 4.69) is 5.32 Å². The minimum Gasteiger partial charge on any atom is -0.479 e. The van der Waals surface area contributed by atoms with E-state index in [0.717, 1.165) is 5.57 Å². The minimum absolute atomic E-state index is 0.0324. The Kier molecular flexibility index (Phi) is 2.90. The maximum Gasteiger partial charge on any atom is 0.334 e. The van der Waals surface area contributed by atoms with Crippen LogP contribution in [0.1, 0.15) is 13.8 Å². The van der Waals surface area contributed by atoms with Crippen LogP contribution < -0.4 is 5.32 Å². The van der Waals surface area contributed by atoms with Gasteiger partial charge >= 0.3 is 5.97 Å². The maximum atomic E-state index is 11.3. The van der Waals surface area contributed by atoms with E-state index in [1.54, 1.807) is 13.8 Å². The summed E-state index contributed by atoms with van der Waals surface area (Å²) in [5, 5.41) is 11.3. The molecule has 1 amide bonds. The van der Waals surface area contributed by atoms with Crippen molar-refractivity contribution in [2.45, 2.75) is 19.4 Å². The lowest BCUT2D eigenvalue weighted by molar-refractivity contribution is -0.168. The summed E-state index contributed by atoms with van der Waals surface area (Å²) >= 11 is 0. The van der Waals surface area contributed by atoms with E-state index < -0.39 is 17.4 Å². The average Bonchev–Trinajstić information content (AvgIpc) is 1.94. The minimum atomic E-state index is -1.22. The van der Waals surface area contributed by atoms with Gasteiger partial charge in [0.2, 0.25) is 5.91 Å². The molecule has 78 valence electrons. The Morgan fingerprint density at radius 2 is 2.00 bits per heavy atom. The molecule has 14 heavy (non-hydrogen) atoms. The summed E-state index contributed by atoms with van der Waals surface area (Å²) in [6.45, 7) is 3.60. The molecule has 0 atom stereocenters. The van der Waals surface area contributed by atoms with Crippen LogP contribution in [0.15, 0.2) is 11.6 Å². The lowest BCUT2D eigenvalue weighted by Crippen LogP contribution is -2.66. The van der Waals surface area contributed by atoms with E-state index in [0.29, 0.717) is 0 Å². The molecule has 0 radical (unpaired) electrons. The quantitative estimate of drug-likeness (QED) is 0.623. The lowest BCUT2D eigenvalue weighted by atomic mass is 9.98. The van der Waals surface area contributed by atoms with Crippen LogP contribution in [0.4, 0.5) is 0 Å². The fourth-order valence-corrected chi connectivity index (χ4v) is 1.09. The predicted octanol–water partition coefficient (Wildman–Crippen LogP) is -0.0776. The molecule has 1 aliphatic rings. The van der Waals surface area contributed by atoms with Gasteiger partial charge in [-0.2, -0.15) is 0 Å². The van der Waals surface area contributed by atoms with Crippen LogP contribution >= 0.6 is 0 Å². The first-order valence-corrected chi connectivity index (χ1v) is 4.24. The van der Waals surface area contributed by atoms with Crippen molar-refractivity contribution in [3.05, 3.63) is 11.6 Å². The van der Waals surface area contributed by atoms with Gasteiger partial charge < -0.3 is 15.2 Å². The molecule has 1 saturated heterocycles. The molecule has 0 aromatic carbocycles. The molecule has 1 fully saturated rings. The number of aliphatic carboxylic acids is 1. The number of ether oxygens (including phenoxy) is 1. The molecule has 0 aromatic rings. The molecule has 0 aromatic heterocycles. The van der Waals surface area contributed by atoms with Gasteiger partial charge in [0.15, 0.2) is 5.54 Å². The van der Waals surface area contributed by atoms with E-state index in [1.807, 2.05) is 0 Å². The van der Waals surface area contributed by atoms with Crippen LogP contribution in [-0.2, 0) is 14.3 Å². The van der Waals surface area contributed by atoms with Gasteiger partial charge in [-0.15, -0.1) is 0 Å². The van der Waals surface area contributed by atoms with Crippen LogP contribution in [0.3, 0.4) is 0 Å². The fraction of sp³-hybridized carbons (Fsp3) is 0.556. The number of hydrogen-bond donors (Lipinski definition) is 2. The Labute approximate surface area is 81.7 Å².